The summed E-state index contributed by atoms with van der Waals surface area (Å²) in [6.45, 7) is 2.49. The van der Waals surface area contributed by atoms with E-state index in [1.54, 1.807) is 56.8 Å². The summed E-state index contributed by atoms with van der Waals surface area (Å²) in [5, 5.41) is 16.5. The van der Waals surface area contributed by atoms with E-state index >= 15 is 0 Å². The van der Waals surface area contributed by atoms with Gasteiger partial charge in [0.05, 0.1) is 19.9 Å². The number of nitrogens with zero attached hydrogens (tertiary/aromatic N) is 5. The SMILES string of the molecule is CC[n+]1cc(/N=C(/[O-])CSC2=N/C(=C/c3ccc(OC)cc3OC)C(=O)N2c2ccccc2)on1. The first-order chi connectivity index (χ1) is 17.0. The van der Waals surface area contributed by atoms with E-state index in [1.165, 1.54) is 9.58 Å². The zero-order chi connectivity index (χ0) is 24.8. The fraction of sp³-hybridized carbons (Fsp3) is 0.208. The van der Waals surface area contributed by atoms with E-state index < -0.39 is 5.90 Å². The summed E-state index contributed by atoms with van der Waals surface area (Å²) in [4.78, 5) is 23.3. The fourth-order valence-corrected chi connectivity index (χ4v) is 4.03. The third-order valence-electron chi connectivity index (χ3n) is 4.96. The number of hydrogen-bond donors (Lipinski definition) is 0. The van der Waals surface area contributed by atoms with E-state index in [1.807, 2.05) is 25.1 Å². The van der Waals surface area contributed by atoms with Crippen LogP contribution in [0.4, 0.5) is 11.6 Å². The zero-order valence-corrected chi connectivity index (χ0v) is 20.2. The molecule has 1 aliphatic rings. The third kappa shape index (κ3) is 5.52. The van der Waals surface area contributed by atoms with Crippen LogP contribution in [-0.4, -0.2) is 42.2 Å². The summed E-state index contributed by atoms with van der Waals surface area (Å²) in [6, 6.07) is 14.4. The van der Waals surface area contributed by atoms with Gasteiger partial charge in [-0.25, -0.2) is 9.98 Å². The van der Waals surface area contributed by atoms with Crippen LogP contribution in [0.15, 0.2) is 74.9 Å². The van der Waals surface area contributed by atoms with Crippen molar-refractivity contribution < 1.29 is 28.6 Å². The quantitative estimate of drug-likeness (QED) is 0.205. The number of methoxy groups -OCH3 is 2. The maximum Gasteiger partial charge on any atom is 0.320 e. The van der Waals surface area contributed by atoms with E-state index in [2.05, 4.69) is 15.3 Å². The average molecular weight is 494 g/mol. The molecule has 0 N–H and O–H groups in total. The second-order valence-electron chi connectivity index (χ2n) is 7.20. The Hall–Kier alpha value is -4.12. The predicted molar refractivity (Wildman–Crippen MR) is 131 cm³/mol. The average Bonchev–Trinajstić information content (AvgIpc) is 3.47. The van der Waals surface area contributed by atoms with Gasteiger partial charge in [0.2, 0.25) is 5.27 Å². The van der Waals surface area contributed by atoms with E-state index in [4.69, 9.17) is 14.0 Å². The molecule has 1 amide bonds. The monoisotopic (exact) mass is 493 g/mol. The molecule has 35 heavy (non-hydrogen) atoms. The molecule has 4 rings (SSSR count). The minimum Gasteiger partial charge on any atom is -0.861 e. The molecule has 2 heterocycles. The van der Waals surface area contributed by atoms with Crippen LogP contribution < -0.4 is 24.2 Å². The van der Waals surface area contributed by atoms with Crippen LogP contribution in [0.1, 0.15) is 12.5 Å². The molecule has 1 aromatic heterocycles. The first-order valence-electron chi connectivity index (χ1n) is 10.7. The summed E-state index contributed by atoms with van der Waals surface area (Å²) >= 11 is 1.11. The van der Waals surface area contributed by atoms with Gasteiger partial charge < -0.3 is 14.6 Å². The van der Waals surface area contributed by atoms with Crippen molar-refractivity contribution in [2.45, 2.75) is 13.5 Å². The summed E-state index contributed by atoms with van der Waals surface area (Å²) < 4.78 is 17.2. The van der Waals surface area contributed by atoms with Crippen molar-refractivity contribution in [2.75, 3.05) is 24.9 Å². The number of ether oxygens (including phenoxy) is 2. The van der Waals surface area contributed by atoms with E-state index in [-0.39, 0.29) is 23.2 Å². The molecule has 10 nitrogen and oxygen atoms in total. The van der Waals surface area contributed by atoms with Gasteiger partial charge in [-0.3, -0.25) is 14.2 Å². The second kappa shape index (κ2) is 10.9. The third-order valence-corrected chi connectivity index (χ3v) is 5.88. The van der Waals surface area contributed by atoms with Crippen molar-refractivity contribution in [1.29, 1.82) is 0 Å². The molecule has 0 saturated heterocycles. The van der Waals surface area contributed by atoms with Crippen LogP contribution in [0.25, 0.3) is 6.08 Å². The molecule has 0 fully saturated rings. The number of hydrogen-bond acceptors (Lipinski definition) is 9. The molecule has 1 aliphatic heterocycles. The number of aryl methyl sites for hydroxylation is 1. The molecular weight excluding hydrogens is 470 g/mol. The van der Waals surface area contributed by atoms with Crippen LogP contribution in [-0.2, 0) is 11.3 Å². The van der Waals surface area contributed by atoms with Gasteiger partial charge in [0.15, 0.2) is 11.7 Å². The van der Waals surface area contributed by atoms with E-state index in [0.29, 0.717) is 34.5 Å². The van der Waals surface area contributed by atoms with Gasteiger partial charge in [-0.15, -0.1) is 0 Å². The van der Waals surface area contributed by atoms with Crippen LogP contribution in [0.3, 0.4) is 0 Å². The molecule has 0 aliphatic carbocycles. The standard InChI is InChI=1S/C24H23N5O5S/c1-4-28-14-22(34-27-28)26-21(30)15-35-24-25-19(23(31)29(24)17-8-6-5-7-9-17)12-16-10-11-18(32-2)13-20(16)33-3/h5-14H,4,15H2,1-3H3/b19-12+. The van der Waals surface area contributed by atoms with Crippen LogP contribution in [0, 0.1) is 0 Å². The van der Waals surface area contributed by atoms with Crippen LogP contribution in [0.2, 0.25) is 0 Å². The van der Waals surface area contributed by atoms with Gasteiger partial charge in [0.25, 0.3) is 12.1 Å². The normalized spacial score (nSPS) is 15.0. The highest BCUT2D eigenvalue weighted by molar-refractivity contribution is 8.14. The van der Waals surface area contributed by atoms with Gasteiger partial charge in [-0.05, 0) is 43.2 Å². The summed E-state index contributed by atoms with van der Waals surface area (Å²) in [5.41, 5.74) is 1.51. The lowest BCUT2D eigenvalue weighted by atomic mass is 10.1. The molecular formula is C24H23N5O5S. The smallest absolute Gasteiger partial charge is 0.320 e. The van der Waals surface area contributed by atoms with Gasteiger partial charge >= 0.3 is 5.88 Å². The first kappa shape index (κ1) is 24.0. The highest BCUT2D eigenvalue weighted by Crippen LogP contribution is 2.32. The van der Waals surface area contributed by atoms with Gasteiger partial charge in [0, 0.05) is 17.4 Å². The summed E-state index contributed by atoms with van der Waals surface area (Å²) in [7, 11) is 3.11. The largest absolute Gasteiger partial charge is 0.861 e. The summed E-state index contributed by atoms with van der Waals surface area (Å²) in [5.74, 6) is 0.492. The van der Waals surface area contributed by atoms with Crippen molar-refractivity contribution in [3.63, 3.8) is 0 Å². The van der Waals surface area contributed by atoms with Gasteiger partial charge in [0.1, 0.15) is 17.2 Å². The molecule has 0 radical (unpaired) electrons. The number of anilines is 1. The fourth-order valence-electron chi connectivity index (χ4n) is 3.23. The topological polar surface area (TPSA) is 116 Å². The molecule has 0 unspecified atom stereocenters. The number of carbonyl (C=O) groups is 1. The maximum absolute atomic E-state index is 13.3. The number of thioether (sulfide) groups is 1. The Kier molecular flexibility index (Phi) is 7.46. The lowest BCUT2D eigenvalue weighted by molar-refractivity contribution is -0.759. The van der Waals surface area contributed by atoms with E-state index in [9.17, 15) is 9.90 Å². The number of rotatable bonds is 8. The molecule has 0 saturated carbocycles. The Morgan fingerprint density at radius 3 is 2.71 bits per heavy atom. The molecule has 3 aromatic rings. The number of benzene rings is 2. The molecule has 0 bridgehead atoms. The van der Waals surface area contributed by atoms with Crippen molar-refractivity contribution in [1.82, 2.24) is 5.27 Å². The van der Waals surface area contributed by atoms with Crippen molar-refractivity contribution in [3.8, 4) is 11.5 Å². The Balaban J connectivity index is 1.62. The number of amidine groups is 1. The predicted octanol–water partition coefficient (Wildman–Crippen LogP) is 2.57. The minimum absolute atomic E-state index is 0.0403. The Bertz CT molecular complexity index is 1300. The molecule has 11 heteroatoms. The molecule has 0 spiro atoms. The number of amides is 1. The van der Waals surface area contributed by atoms with Crippen molar-refractivity contribution in [3.05, 3.63) is 66.0 Å². The van der Waals surface area contributed by atoms with Gasteiger partial charge in [-0.2, -0.15) is 0 Å². The second-order valence-corrected chi connectivity index (χ2v) is 8.14. The van der Waals surface area contributed by atoms with Crippen LogP contribution >= 0.6 is 11.8 Å². The van der Waals surface area contributed by atoms with E-state index in [0.717, 1.165) is 11.8 Å². The lowest BCUT2D eigenvalue weighted by Gasteiger charge is -2.18. The molecule has 0 atom stereocenters. The van der Waals surface area contributed by atoms with Crippen molar-refractivity contribution >= 4 is 46.4 Å². The maximum atomic E-state index is 13.3. The van der Waals surface area contributed by atoms with Gasteiger partial charge in [-0.1, -0.05) is 34.6 Å². The Morgan fingerprint density at radius 1 is 1.23 bits per heavy atom. The highest BCUT2D eigenvalue weighted by Gasteiger charge is 2.32. The Morgan fingerprint density at radius 2 is 2.03 bits per heavy atom. The lowest BCUT2D eigenvalue weighted by Crippen LogP contribution is -2.32. The number of aromatic nitrogens is 2. The number of aliphatic imine (C=N–C) groups is 2. The number of para-hydroxylation sites is 1. The number of carbonyl (C=O) groups excluding carboxylic acids is 1. The van der Waals surface area contributed by atoms with Crippen molar-refractivity contribution in [2.24, 2.45) is 9.98 Å². The minimum atomic E-state index is -0.438. The van der Waals surface area contributed by atoms with Crippen LogP contribution in [0.5, 0.6) is 11.5 Å². The zero-order valence-electron chi connectivity index (χ0n) is 19.4. The molecule has 2 aromatic carbocycles. The first-order valence-corrected chi connectivity index (χ1v) is 11.7. The summed E-state index contributed by atoms with van der Waals surface area (Å²) in [6.07, 6.45) is 3.19. The Labute approximate surface area is 206 Å². The molecule has 180 valence electrons. The highest BCUT2D eigenvalue weighted by atomic mass is 32.2.